The first-order valence-electron chi connectivity index (χ1n) is 11.8. The van der Waals surface area contributed by atoms with E-state index in [0.29, 0.717) is 18.1 Å². The number of aromatic nitrogens is 4. The summed E-state index contributed by atoms with van der Waals surface area (Å²) in [5.41, 5.74) is 11.6. The second-order valence-corrected chi connectivity index (χ2v) is 8.58. The first kappa shape index (κ1) is 21.6. The Labute approximate surface area is 193 Å². The number of fused-ring (bicyclic) bond motifs is 1. The Balaban J connectivity index is 1.62. The monoisotopic (exact) mass is 442 g/mol. The largest absolute Gasteiger partial charge is 0.390 e. The highest BCUT2D eigenvalue weighted by molar-refractivity contribution is 5.96. The van der Waals surface area contributed by atoms with Crippen molar-refractivity contribution in [3.63, 3.8) is 0 Å². The van der Waals surface area contributed by atoms with Crippen LogP contribution in [0.2, 0.25) is 0 Å². The molecule has 3 aromatic heterocycles. The van der Waals surface area contributed by atoms with Crippen LogP contribution in [-0.4, -0.2) is 44.5 Å². The van der Waals surface area contributed by atoms with Crippen molar-refractivity contribution < 1.29 is 5.11 Å². The molecule has 0 spiro atoms. The number of unbranched alkanes of at least 4 members (excludes halogenated alkanes) is 1. The van der Waals surface area contributed by atoms with Gasteiger partial charge in [0.15, 0.2) is 5.82 Å². The lowest BCUT2D eigenvalue weighted by Crippen LogP contribution is -2.18. The topological polar surface area (TPSA) is 93.1 Å². The minimum Gasteiger partial charge on any atom is -0.390 e. The summed E-state index contributed by atoms with van der Waals surface area (Å²) < 4.78 is 1.86. The number of anilines is 1. The zero-order valence-corrected chi connectivity index (χ0v) is 18.8. The van der Waals surface area contributed by atoms with E-state index in [1.807, 2.05) is 29.1 Å². The molecule has 4 aromatic rings. The average Bonchev–Trinajstić information content (AvgIpc) is 3.54. The van der Waals surface area contributed by atoms with E-state index in [1.54, 1.807) is 0 Å². The number of aliphatic hydroxyl groups is 1. The number of benzene rings is 1. The number of nitrogens with zero attached hydrogens (tertiary/aromatic N) is 5. The van der Waals surface area contributed by atoms with Gasteiger partial charge in [-0.2, -0.15) is 5.10 Å². The lowest BCUT2D eigenvalue weighted by atomic mass is 10.1. The summed E-state index contributed by atoms with van der Waals surface area (Å²) in [5.74, 6) is 0.699. The number of pyridine rings is 2. The summed E-state index contributed by atoms with van der Waals surface area (Å²) in [7, 11) is 0. The minimum atomic E-state index is -0.0990. The van der Waals surface area contributed by atoms with Crippen LogP contribution in [0.4, 0.5) is 5.69 Å². The summed E-state index contributed by atoms with van der Waals surface area (Å²) in [4.78, 5) is 12.0. The van der Waals surface area contributed by atoms with Crippen LogP contribution < -0.4 is 10.6 Å². The van der Waals surface area contributed by atoms with Gasteiger partial charge in [0.1, 0.15) is 0 Å². The van der Waals surface area contributed by atoms with Gasteiger partial charge in [-0.3, -0.25) is 4.98 Å². The molecule has 4 heterocycles. The van der Waals surface area contributed by atoms with Gasteiger partial charge in [0.05, 0.1) is 29.7 Å². The average molecular weight is 443 g/mol. The fourth-order valence-corrected chi connectivity index (χ4v) is 4.56. The highest BCUT2D eigenvalue weighted by Crippen LogP contribution is 2.35. The van der Waals surface area contributed by atoms with Crippen molar-refractivity contribution in [2.75, 3.05) is 24.5 Å². The Morgan fingerprint density at radius 1 is 0.939 bits per heavy atom. The molecule has 0 unspecified atom stereocenters. The van der Waals surface area contributed by atoms with E-state index in [4.69, 9.17) is 10.7 Å². The van der Waals surface area contributed by atoms with Crippen LogP contribution in [0, 0.1) is 0 Å². The molecule has 0 aliphatic carbocycles. The molecule has 0 saturated carbocycles. The maximum atomic E-state index is 9.54. The molecule has 0 atom stereocenters. The first-order chi connectivity index (χ1) is 16.3. The van der Waals surface area contributed by atoms with Gasteiger partial charge in [-0.15, -0.1) is 0 Å². The van der Waals surface area contributed by atoms with Crippen LogP contribution in [0.25, 0.3) is 28.0 Å². The standard InChI is InChI=1S/C26H30N6O/c27-12-2-1-7-20-8-5-10-23(29-20)19-15-24(31-13-3-4-14-31)22-17-28-32(25(22)16-19)26-11-6-9-21(18-33)30-26/h5-6,8-11,15-17,33H,1-4,7,12-14,18,27H2. The SMILES string of the molecule is NCCCCc1cccc(-c2cc(N3CCCC3)c3cnn(-c4cccc(CO)n4)c3c2)n1. The molecular weight excluding hydrogens is 412 g/mol. The van der Waals surface area contributed by atoms with Crippen LogP contribution in [0.1, 0.15) is 37.1 Å². The molecule has 170 valence electrons. The zero-order valence-electron chi connectivity index (χ0n) is 18.8. The maximum absolute atomic E-state index is 9.54. The summed E-state index contributed by atoms with van der Waals surface area (Å²) >= 11 is 0. The molecule has 0 amide bonds. The Morgan fingerprint density at radius 3 is 2.58 bits per heavy atom. The van der Waals surface area contributed by atoms with Crippen LogP contribution in [-0.2, 0) is 13.0 Å². The molecule has 7 nitrogen and oxygen atoms in total. The second-order valence-electron chi connectivity index (χ2n) is 8.58. The molecule has 5 rings (SSSR count). The predicted octanol–water partition coefficient (Wildman–Crippen LogP) is 3.86. The number of hydrogen-bond acceptors (Lipinski definition) is 6. The fourth-order valence-electron chi connectivity index (χ4n) is 4.56. The van der Waals surface area contributed by atoms with Crippen molar-refractivity contribution in [1.82, 2.24) is 19.7 Å². The van der Waals surface area contributed by atoms with E-state index in [0.717, 1.165) is 60.2 Å². The smallest absolute Gasteiger partial charge is 0.154 e. The molecule has 0 bridgehead atoms. The third kappa shape index (κ3) is 4.47. The molecule has 1 aromatic carbocycles. The van der Waals surface area contributed by atoms with Crippen molar-refractivity contribution in [3.8, 4) is 17.1 Å². The summed E-state index contributed by atoms with van der Waals surface area (Å²) in [6, 6.07) is 16.3. The van der Waals surface area contributed by atoms with Gasteiger partial charge in [0.2, 0.25) is 0 Å². The summed E-state index contributed by atoms with van der Waals surface area (Å²) in [5, 5.41) is 15.3. The predicted molar refractivity (Wildman–Crippen MR) is 131 cm³/mol. The quantitative estimate of drug-likeness (QED) is 0.403. The Kier molecular flexibility index (Phi) is 6.32. The maximum Gasteiger partial charge on any atom is 0.154 e. The van der Waals surface area contributed by atoms with Crippen molar-refractivity contribution in [1.29, 1.82) is 0 Å². The van der Waals surface area contributed by atoms with Crippen molar-refractivity contribution in [3.05, 3.63) is 66.1 Å². The molecule has 1 aliphatic heterocycles. The number of rotatable bonds is 8. The van der Waals surface area contributed by atoms with Gasteiger partial charge >= 0.3 is 0 Å². The molecule has 33 heavy (non-hydrogen) atoms. The van der Waals surface area contributed by atoms with E-state index in [1.165, 1.54) is 18.5 Å². The van der Waals surface area contributed by atoms with Crippen molar-refractivity contribution in [2.45, 2.75) is 38.7 Å². The molecular formula is C26H30N6O. The van der Waals surface area contributed by atoms with Gasteiger partial charge in [-0.05, 0) is 75.0 Å². The third-order valence-corrected chi connectivity index (χ3v) is 6.27. The Hall–Kier alpha value is -3.29. The van der Waals surface area contributed by atoms with Crippen LogP contribution in [0.15, 0.2) is 54.7 Å². The number of hydrogen-bond donors (Lipinski definition) is 2. The van der Waals surface area contributed by atoms with Crippen LogP contribution in [0.5, 0.6) is 0 Å². The van der Waals surface area contributed by atoms with E-state index in [9.17, 15) is 5.11 Å². The molecule has 3 N–H and O–H groups in total. The van der Waals surface area contributed by atoms with E-state index in [2.05, 4.69) is 45.3 Å². The number of aryl methyl sites for hydroxylation is 1. The van der Waals surface area contributed by atoms with Gasteiger partial charge in [-0.1, -0.05) is 12.1 Å². The first-order valence-corrected chi connectivity index (χ1v) is 11.8. The third-order valence-electron chi connectivity index (χ3n) is 6.27. The van der Waals surface area contributed by atoms with Gasteiger partial charge in [0.25, 0.3) is 0 Å². The van der Waals surface area contributed by atoms with E-state index >= 15 is 0 Å². The lowest BCUT2D eigenvalue weighted by Gasteiger charge is -2.20. The Morgan fingerprint density at radius 2 is 1.76 bits per heavy atom. The fraction of sp³-hybridized carbons (Fsp3) is 0.346. The zero-order chi connectivity index (χ0) is 22.6. The second kappa shape index (κ2) is 9.68. The van der Waals surface area contributed by atoms with Gasteiger partial charge < -0.3 is 15.7 Å². The molecule has 1 fully saturated rings. The molecule has 1 aliphatic rings. The molecule has 7 heteroatoms. The molecule has 1 saturated heterocycles. The van der Waals surface area contributed by atoms with Gasteiger partial charge in [0, 0.05) is 35.4 Å². The number of aliphatic hydroxyl groups excluding tert-OH is 1. The van der Waals surface area contributed by atoms with Gasteiger partial charge in [-0.25, -0.2) is 9.67 Å². The van der Waals surface area contributed by atoms with Crippen LogP contribution >= 0.6 is 0 Å². The Bertz CT molecular complexity index is 1240. The van der Waals surface area contributed by atoms with Crippen molar-refractivity contribution in [2.24, 2.45) is 5.73 Å². The highest BCUT2D eigenvalue weighted by atomic mass is 16.3. The van der Waals surface area contributed by atoms with Crippen LogP contribution in [0.3, 0.4) is 0 Å². The van der Waals surface area contributed by atoms with E-state index in [-0.39, 0.29) is 6.61 Å². The lowest BCUT2D eigenvalue weighted by molar-refractivity contribution is 0.276. The normalized spacial score (nSPS) is 13.8. The summed E-state index contributed by atoms with van der Waals surface area (Å²) in [6.07, 6.45) is 7.32. The number of nitrogens with two attached hydrogens (primary N) is 1. The minimum absolute atomic E-state index is 0.0990. The van der Waals surface area contributed by atoms with E-state index < -0.39 is 0 Å². The highest BCUT2D eigenvalue weighted by Gasteiger charge is 2.20. The summed E-state index contributed by atoms with van der Waals surface area (Å²) in [6.45, 7) is 2.71. The molecule has 0 radical (unpaired) electrons. The van der Waals surface area contributed by atoms with Crippen molar-refractivity contribution >= 4 is 16.6 Å².